The summed E-state index contributed by atoms with van der Waals surface area (Å²) in [7, 11) is -1.97. The molecular weight excluding hydrogens is 284 g/mol. The molecule has 0 aromatic rings. The fraction of sp³-hybridized carbons (Fsp3) is 0.917. The van der Waals surface area contributed by atoms with Crippen molar-refractivity contribution in [2.45, 2.75) is 31.4 Å². The Kier molecular flexibility index (Phi) is 8.26. The zero-order valence-corrected chi connectivity index (χ0v) is 13.5. The number of rotatable bonds is 5. The second-order valence-corrected chi connectivity index (χ2v) is 6.87. The van der Waals surface area contributed by atoms with Crippen LogP contribution in [0.3, 0.4) is 0 Å². The molecule has 0 unspecified atom stereocenters. The van der Waals surface area contributed by atoms with Gasteiger partial charge in [-0.1, -0.05) is 13.8 Å². The number of sulfone groups is 1. The highest BCUT2D eigenvalue weighted by Crippen LogP contribution is 2.30. The van der Waals surface area contributed by atoms with Gasteiger partial charge in [0, 0.05) is 33.0 Å². The molecule has 1 amide bonds. The van der Waals surface area contributed by atoms with E-state index in [9.17, 15) is 13.2 Å². The third-order valence-corrected chi connectivity index (χ3v) is 5.51. The summed E-state index contributed by atoms with van der Waals surface area (Å²) < 4.78 is 27.1. The minimum absolute atomic E-state index is 0.182. The van der Waals surface area contributed by atoms with Crippen molar-refractivity contribution in [2.75, 3.05) is 39.6 Å². The molecule has 0 saturated carbocycles. The molecule has 0 aromatic carbocycles. The van der Waals surface area contributed by atoms with Crippen LogP contribution in [0.25, 0.3) is 0 Å². The van der Waals surface area contributed by atoms with Gasteiger partial charge in [0.25, 0.3) is 5.91 Å². The van der Waals surface area contributed by atoms with E-state index in [0.29, 0.717) is 26.2 Å². The maximum absolute atomic E-state index is 11.8. The quantitative estimate of drug-likeness (QED) is 0.550. The van der Waals surface area contributed by atoms with Crippen LogP contribution in [0, 0.1) is 0 Å². The van der Waals surface area contributed by atoms with Gasteiger partial charge in [0.15, 0.2) is 14.6 Å². The molecule has 1 heterocycles. The van der Waals surface area contributed by atoms with E-state index in [4.69, 9.17) is 9.94 Å². The number of nitrogens with zero attached hydrogens (tertiary/aromatic N) is 1. The van der Waals surface area contributed by atoms with Crippen LogP contribution in [0.1, 0.15) is 26.7 Å². The molecule has 0 aromatic heterocycles. The second kappa shape index (κ2) is 8.56. The highest BCUT2D eigenvalue weighted by atomic mass is 32.2. The van der Waals surface area contributed by atoms with E-state index in [2.05, 4.69) is 0 Å². The number of amides is 1. The summed E-state index contributed by atoms with van der Waals surface area (Å²) in [5.41, 5.74) is 1.48. The first-order chi connectivity index (χ1) is 9.37. The molecule has 2 N–H and O–H groups in total. The van der Waals surface area contributed by atoms with E-state index >= 15 is 0 Å². The average molecular weight is 310 g/mol. The monoisotopic (exact) mass is 310 g/mol. The second-order valence-electron chi connectivity index (χ2n) is 4.54. The average Bonchev–Trinajstić information content (AvgIpc) is 2.45. The molecule has 20 heavy (non-hydrogen) atoms. The largest absolute Gasteiger partial charge is 0.383 e. The fourth-order valence-electron chi connectivity index (χ4n) is 2.23. The summed E-state index contributed by atoms with van der Waals surface area (Å²) in [6.45, 7) is 6.25. The van der Waals surface area contributed by atoms with Crippen molar-refractivity contribution in [1.29, 1.82) is 0 Å². The summed E-state index contributed by atoms with van der Waals surface area (Å²) in [6, 6.07) is 0. The molecule has 0 aliphatic carbocycles. The zero-order chi connectivity index (χ0) is 15.8. The third kappa shape index (κ3) is 4.41. The summed E-state index contributed by atoms with van der Waals surface area (Å²) >= 11 is 0. The maximum atomic E-state index is 11.8. The summed E-state index contributed by atoms with van der Waals surface area (Å²) in [6.07, 6.45) is 1.40. The van der Waals surface area contributed by atoms with Crippen molar-refractivity contribution in [1.82, 2.24) is 10.4 Å². The van der Waals surface area contributed by atoms with Gasteiger partial charge in [0.05, 0.1) is 6.61 Å². The number of methoxy groups -OCH3 is 1. The topological polar surface area (TPSA) is 95.9 Å². The number of carbonyl (C=O) groups is 1. The van der Waals surface area contributed by atoms with Gasteiger partial charge in [-0.2, -0.15) is 0 Å². The lowest BCUT2D eigenvalue weighted by atomic mass is 9.95. The summed E-state index contributed by atoms with van der Waals surface area (Å²) in [5, 5.41) is 8.73. The molecule has 120 valence electrons. The Bertz CT molecular complexity index is 389. The molecular formula is C12H26N2O5S. The Hall–Kier alpha value is -0.700. The number of nitrogens with one attached hydrogen (secondary N) is 1. The van der Waals surface area contributed by atoms with E-state index < -0.39 is 20.5 Å². The Morgan fingerprint density at radius 3 is 2.20 bits per heavy atom. The predicted octanol–water partition coefficient (Wildman–Crippen LogP) is 0.0436. The van der Waals surface area contributed by atoms with Crippen molar-refractivity contribution >= 4 is 15.7 Å². The van der Waals surface area contributed by atoms with Crippen molar-refractivity contribution in [3.63, 3.8) is 0 Å². The lowest BCUT2D eigenvalue weighted by Crippen LogP contribution is -2.57. The fourth-order valence-corrected chi connectivity index (χ4v) is 3.53. The Morgan fingerprint density at radius 1 is 1.35 bits per heavy atom. The van der Waals surface area contributed by atoms with Crippen LogP contribution in [0.5, 0.6) is 0 Å². The van der Waals surface area contributed by atoms with E-state index in [1.54, 1.807) is 7.11 Å². The van der Waals surface area contributed by atoms with Gasteiger partial charge in [-0.15, -0.1) is 0 Å². The van der Waals surface area contributed by atoms with Crippen LogP contribution >= 0.6 is 0 Å². The van der Waals surface area contributed by atoms with Gasteiger partial charge in [-0.3, -0.25) is 10.0 Å². The predicted molar refractivity (Wildman–Crippen MR) is 76.4 cm³/mol. The molecule has 8 heteroatoms. The molecule has 0 bridgehead atoms. The van der Waals surface area contributed by atoms with Crippen LogP contribution in [0.15, 0.2) is 0 Å². The van der Waals surface area contributed by atoms with Gasteiger partial charge in [-0.05, 0) is 12.8 Å². The third-order valence-electron chi connectivity index (χ3n) is 3.50. The van der Waals surface area contributed by atoms with Gasteiger partial charge < -0.3 is 9.64 Å². The first-order valence-electron chi connectivity index (χ1n) is 6.73. The maximum Gasteiger partial charge on any atom is 0.264 e. The van der Waals surface area contributed by atoms with Gasteiger partial charge in [0.1, 0.15) is 0 Å². The van der Waals surface area contributed by atoms with Crippen LogP contribution in [-0.2, 0) is 19.4 Å². The molecule has 0 atom stereocenters. The van der Waals surface area contributed by atoms with Crippen LogP contribution in [0.4, 0.5) is 0 Å². The van der Waals surface area contributed by atoms with Crippen molar-refractivity contribution in [3.8, 4) is 0 Å². The summed E-state index contributed by atoms with van der Waals surface area (Å²) in [5.74, 6) is -0.837. The van der Waals surface area contributed by atoms with Crippen molar-refractivity contribution in [2.24, 2.45) is 0 Å². The van der Waals surface area contributed by atoms with Gasteiger partial charge >= 0.3 is 0 Å². The normalized spacial score (nSPS) is 18.9. The zero-order valence-electron chi connectivity index (χ0n) is 12.7. The number of hydrogen-bond acceptors (Lipinski definition) is 6. The molecule has 1 aliphatic rings. The first-order valence-corrected chi connectivity index (χ1v) is 8.62. The Morgan fingerprint density at radius 2 is 1.85 bits per heavy atom. The molecule has 1 fully saturated rings. The minimum Gasteiger partial charge on any atom is -0.383 e. The highest BCUT2D eigenvalue weighted by Gasteiger charge is 2.49. The Labute approximate surface area is 121 Å². The smallest absolute Gasteiger partial charge is 0.264 e. The van der Waals surface area contributed by atoms with E-state index in [1.807, 2.05) is 18.7 Å². The molecule has 1 saturated heterocycles. The van der Waals surface area contributed by atoms with Crippen LogP contribution < -0.4 is 5.48 Å². The van der Waals surface area contributed by atoms with Crippen LogP contribution in [-0.4, -0.2) is 68.8 Å². The molecule has 1 rings (SSSR count). The number of hydroxylamine groups is 1. The van der Waals surface area contributed by atoms with Gasteiger partial charge in [-0.25, -0.2) is 13.9 Å². The Balaban J connectivity index is 0.00000172. The first kappa shape index (κ1) is 19.3. The van der Waals surface area contributed by atoms with Crippen molar-refractivity contribution < 1.29 is 23.2 Å². The molecule has 7 nitrogen and oxygen atoms in total. The number of hydrogen-bond donors (Lipinski definition) is 2. The number of carbonyl (C=O) groups excluding carboxylic acids is 1. The summed E-state index contributed by atoms with van der Waals surface area (Å²) in [4.78, 5) is 13.7. The van der Waals surface area contributed by atoms with E-state index in [-0.39, 0.29) is 12.8 Å². The van der Waals surface area contributed by atoms with E-state index in [1.165, 1.54) is 5.48 Å². The SMILES string of the molecule is CC.COCCN1CCC(C(=O)NO)(S(C)(=O)=O)CC1. The van der Waals surface area contributed by atoms with Gasteiger partial charge in [0.2, 0.25) is 0 Å². The lowest BCUT2D eigenvalue weighted by Gasteiger charge is -2.38. The molecule has 1 aliphatic heterocycles. The lowest BCUT2D eigenvalue weighted by molar-refractivity contribution is -0.133. The number of piperidine rings is 1. The van der Waals surface area contributed by atoms with E-state index in [0.717, 1.165) is 6.26 Å². The van der Waals surface area contributed by atoms with Crippen LogP contribution in [0.2, 0.25) is 0 Å². The highest BCUT2D eigenvalue weighted by molar-refractivity contribution is 7.92. The standard InChI is InChI=1S/C10H20N2O5S.C2H6/c1-17-8-7-12-5-3-10(4-6-12,9(13)11-14)18(2,15)16;1-2/h14H,3-8H2,1-2H3,(H,11,13);1-2H3. The molecule has 0 spiro atoms. The number of ether oxygens (including phenoxy) is 1. The molecule has 0 radical (unpaired) electrons. The number of likely N-dealkylation sites (tertiary alicyclic amines) is 1. The van der Waals surface area contributed by atoms with Crippen molar-refractivity contribution in [3.05, 3.63) is 0 Å². The minimum atomic E-state index is -3.57.